The van der Waals surface area contributed by atoms with E-state index in [-0.39, 0.29) is 29.6 Å². The van der Waals surface area contributed by atoms with Crippen LogP contribution in [0.1, 0.15) is 29.1 Å². The van der Waals surface area contributed by atoms with Crippen molar-refractivity contribution in [2.45, 2.75) is 20.5 Å². The van der Waals surface area contributed by atoms with Crippen LogP contribution in [0.3, 0.4) is 0 Å². The highest BCUT2D eigenvalue weighted by Crippen LogP contribution is 2.35. The van der Waals surface area contributed by atoms with Gasteiger partial charge in [0, 0.05) is 13.0 Å². The molecule has 0 bridgehead atoms. The van der Waals surface area contributed by atoms with Gasteiger partial charge in [0.1, 0.15) is 5.56 Å². The number of rotatable bonds is 7. The Labute approximate surface area is 136 Å². The van der Waals surface area contributed by atoms with E-state index in [1.807, 2.05) is 0 Å². The van der Waals surface area contributed by atoms with Crippen molar-refractivity contribution >= 4 is 11.7 Å². The monoisotopic (exact) mass is 337 g/mol. The first-order valence-corrected chi connectivity index (χ1v) is 6.91. The number of carbonyl (C=O) groups excluding carboxylic acids is 1. The van der Waals surface area contributed by atoms with Crippen LogP contribution in [-0.2, 0) is 11.3 Å². The van der Waals surface area contributed by atoms with E-state index in [2.05, 4.69) is 10.2 Å². The molecule has 0 fully saturated rings. The molecule has 128 valence electrons. The number of esters is 1. The summed E-state index contributed by atoms with van der Waals surface area (Å²) in [5.41, 5.74) is -0.720. The average molecular weight is 337 g/mol. The number of ether oxygens (including phenoxy) is 3. The molecule has 0 N–H and O–H groups in total. The lowest BCUT2D eigenvalue weighted by Gasteiger charge is -2.11. The summed E-state index contributed by atoms with van der Waals surface area (Å²) in [6.07, 6.45) is 0. The highest BCUT2D eigenvalue weighted by Gasteiger charge is 2.26. The van der Waals surface area contributed by atoms with E-state index in [0.717, 1.165) is 6.07 Å². The number of nitro groups is 1. The van der Waals surface area contributed by atoms with Gasteiger partial charge in [-0.15, -0.1) is 10.2 Å². The molecular weight excluding hydrogens is 322 g/mol. The number of benzene rings is 1. The van der Waals surface area contributed by atoms with Crippen LogP contribution >= 0.6 is 0 Å². The lowest BCUT2D eigenvalue weighted by atomic mass is 10.1. The molecule has 0 aliphatic rings. The fourth-order valence-corrected chi connectivity index (χ4v) is 1.89. The number of methoxy groups -OCH3 is 1. The van der Waals surface area contributed by atoms with Crippen molar-refractivity contribution in [2.75, 3.05) is 13.7 Å². The molecule has 2 aromatic rings. The maximum atomic E-state index is 12.2. The SMILES string of the molecule is CCOc1cc(C(=O)OCc2nnc(C)o2)c([N+](=O)[O-])cc1OC. The molecule has 0 radical (unpaired) electrons. The molecule has 0 atom stereocenters. The summed E-state index contributed by atoms with van der Waals surface area (Å²) in [7, 11) is 1.34. The standard InChI is InChI=1S/C14H15N3O7/c1-4-22-12-5-9(10(17(19)20)6-11(12)21-3)14(18)23-7-13-16-15-8(2)24-13/h5-6H,4,7H2,1-3H3. The van der Waals surface area contributed by atoms with E-state index in [1.165, 1.54) is 13.2 Å². The molecule has 0 aliphatic carbocycles. The third-order valence-electron chi connectivity index (χ3n) is 2.89. The lowest BCUT2D eigenvalue weighted by Crippen LogP contribution is -2.10. The molecule has 0 aliphatic heterocycles. The number of nitrogens with zero attached hydrogens (tertiary/aromatic N) is 3. The minimum Gasteiger partial charge on any atom is -0.493 e. The average Bonchev–Trinajstić information content (AvgIpc) is 2.97. The molecule has 1 heterocycles. The summed E-state index contributed by atoms with van der Waals surface area (Å²) in [6, 6.07) is 2.32. The Bertz CT molecular complexity index is 757. The van der Waals surface area contributed by atoms with Gasteiger partial charge in [-0.05, 0) is 6.92 Å². The van der Waals surface area contributed by atoms with Crippen molar-refractivity contribution in [2.24, 2.45) is 0 Å². The molecule has 0 unspecified atom stereocenters. The van der Waals surface area contributed by atoms with Gasteiger partial charge in [0.25, 0.3) is 11.6 Å². The van der Waals surface area contributed by atoms with E-state index < -0.39 is 16.6 Å². The number of hydrogen-bond donors (Lipinski definition) is 0. The van der Waals surface area contributed by atoms with Gasteiger partial charge in [-0.25, -0.2) is 4.79 Å². The van der Waals surface area contributed by atoms with Crippen LogP contribution < -0.4 is 9.47 Å². The fourth-order valence-electron chi connectivity index (χ4n) is 1.89. The maximum Gasteiger partial charge on any atom is 0.345 e. The smallest absolute Gasteiger partial charge is 0.345 e. The number of carbonyl (C=O) groups is 1. The number of hydrogen-bond acceptors (Lipinski definition) is 9. The van der Waals surface area contributed by atoms with E-state index in [1.54, 1.807) is 13.8 Å². The van der Waals surface area contributed by atoms with Crippen molar-refractivity contribution in [1.29, 1.82) is 0 Å². The molecular formula is C14H15N3O7. The summed E-state index contributed by atoms with van der Waals surface area (Å²) in [5.74, 6) is -0.169. The second-order valence-corrected chi connectivity index (χ2v) is 4.50. The van der Waals surface area contributed by atoms with Crippen molar-refractivity contribution in [3.63, 3.8) is 0 Å². The molecule has 1 aromatic carbocycles. The first kappa shape index (κ1) is 17.2. The highest BCUT2D eigenvalue weighted by atomic mass is 16.6. The zero-order valence-corrected chi connectivity index (χ0v) is 13.3. The van der Waals surface area contributed by atoms with Gasteiger partial charge in [-0.3, -0.25) is 10.1 Å². The van der Waals surface area contributed by atoms with Crippen LogP contribution in [0.5, 0.6) is 11.5 Å². The van der Waals surface area contributed by atoms with Crippen LogP contribution in [0.25, 0.3) is 0 Å². The molecule has 0 spiro atoms. The molecule has 24 heavy (non-hydrogen) atoms. The first-order valence-electron chi connectivity index (χ1n) is 6.91. The second-order valence-electron chi connectivity index (χ2n) is 4.50. The van der Waals surface area contributed by atoms with Crippen molar-refractivity contribution in [3.05, 3.63) is 39.6 Å². The number of nitro benzene ring substituents is 1. The summed E-state index contributed by atoms with van der Waals surface area (Å²) < 4.78 is 20.4. The highest BCUT2D eigenvalue weighted by molar-refractivity contribution is 5.95. The second kappa shape index (κ2) is 7.40. The van der Waals surface area contributed by atoms with Gasteiger partial charge < -0.3 is 18.6 Å². The van der Waals surface area contributed by atoms with Crippen LogP contribution in [0.2, 0.25) is 0 Å². The normalized spacial score (nSPS) is 10.3. The largest absolute Gasteiger partial charge is 0.493 e. The van der Waals surface area contributed by atoms with E-state index in [9.17, 15) is 14.9 Å². The van der Waals surface area contributed by atoms with Crippen molar-refractivity contribution < 1.29 is 28.3 Å². The van der Waals surface area contributed by atoms with Gasteiger partial charge in [-0.2, -0.15) is 0 Å². The van der Waals surface area contributed by atoms with Crippen molar-refractivity contribution in [1.82, 2.24) is 10.2 Å². The van der Waals surface area contributed by atoms with Crippen molar-refractivity contribution in [3.8, 4) is 11.5 Å². The predicted octanol–water partition coefficient (Wildman–Crippen LogP) is 2.05. The Morgan fingerprint density at radius 3 is 2.62 bits per heavy atom. The van der Waals surface area contributed by atoms with Gasteiger partial charge in [-0.1, -0.05) is 0 Å². The predicted molar refractivity (Wildman–Crippen MR) is 79.0 cm³/mol. The Balaban J connectivity index is 2.29. The van der Waals surface area contributed by atoms with Crippen LogP contribution in [-0.4, -0.2) is 34.8 Å². The third-order valence-corrected chi connectivity index (χ3v) is 2.89. The van der Waals surface area contributed by atoms with Gasteiger partial charge in [0.15, 0.2) is 18.1 Å². The first-order chi connectivity index (χ1) is 11.5. The Hall–Kier alpha value is -3.17. The van der Waals surface area contributed by atoms with E-state index >= 15 is 0 Å². The third kappa shape index (κ3) is 3.77. The minimum atomic E-state index is -0.916. The van der Waals surface area contributed by atoms with Gasteiger partial charge in [0.2, 0.25) is 5.89 Å². The van der Waals surface area contributed by atoms with Gasteiger partial charge in [0.05, 0.1) is 24.7 Å². The topological polar surface area (TPSA) is 127 Å². The van der Waals surface area contributed by atoms with E-state index in [4.69, 9.17) is 18.6 Å². The minimum absolute atomic E-state index is 0.0852. The maximum absolute atomic E-state index is 12.2. The quantitative estimate of drug-likeness (QED) is 0.423. The van der Waals surface area contributed by atoms with Crippen LogP contribution in [0.4, 0.5) is 5.69 Å². The Morgan fingerprint density at radius 1 is 1.33 bits per heavy atom. The van der Waals surface area contributed by atoms with E-state index in [0.29, 0.717) is 12.5 Å². The van der Waals surface area contributed by atoms with Crippen LogP contribution in [0, 0.1) is 17.0 Å². The summed E-state index contributed by atoms with van der Waals surface area (Å²) in [5, 5.41) is 18.5. The molecule has 10 nitrogen and oxygen atoms in total. The molecule has 0 saturated carbocycles. The fraction of sp³-hybridized carbons (Fsp3) is 0.357. The molecule has 1 aromatic heterocycles. The summed E-state index contributed by atoms with van der Waals surface area (Å²) >= 11 is 0. The Kier molecular flexibility index (Phi) is 5.30. The zero-order chi connectivity index (χ0) is 17.7. The Morgan fingerprint density at radius 2 is 2.08 bits per heavy atom. The summed E-state index contributed by atoms with van der Waals surface area (Å²) in [4.78, 5) is 22.7. The van der Waals surface area contributed by atoms with Gasteiger partial charge >= 0.3 is 5.97 Å². The van der Waals surface area contributed by atoms with Crippen LogP contribution in [0.15, 0.2) is 16.5 Å². The number of aromatic nitrogens is 2. The summed E-state index contributed by atoms with van der Waals surface area (Å²) in [6.45, 7) is 3.31. The number of aryl methyl sites for hydroxylation is 1. The molecule has 0 amide bonds. The zero-order valence-electron chi connectivity index (χ0n) is 13.3. The molecule has 0 saturated heterocycles. The lowest BCUT2D eigenvalue weighted by molar-refractivity contribution is -0.385. The molecule has 2 rings (SSSR count). The molecule has 10 heteroatoms.